The van der Waals surface area contributed by atoms with E-state index in [-0.39, 0.29) is 0 Å². The van der Waals surface area contributed by atoms with Crippen LogP contribution < -0.4 is 5.01 Å². The third-order valence-electron chi connectivity index (χ3n) is 2.73. The number of anilines is 1. The molecule has 6 heteroatoms. The molecule has 0 saturated carbocycles. The SMILES string of the molecule is CC1N(C)C(C(F)(F)F)=NN1c1ccccc1. The van der Waals surface area contributed by atoms with Crippen LogP contribution >= 0.6 is 0 Å². The molecule has 1 heterocycles. The van der Waals surface area contributed by atoms with Crippen molar-refractivity contribution in [3.05, 3.63) is 30.3 Å². The van der Waals surface area contributed by atoms with Crippen molar-refractivity contribution in [2.45, 2.75) is 19.3 Å². The summed E-state index contributed by atoms with van der Waals surface area (Å²) in [5.74, 6) is -0.867. The van der Waals surface area contributed by atoms with Crippen LogP contribution in [-0.2, 0) is 0 Å². The molecule has 1 aliphatic heterocycles. The minimum absolute atomic E-state index is 0.450. The van der Waals surface area contributed by atoms with Gasteiger partial charge >= 0.3 is 6.18 Å². The molecule has 1 aliphatic rings. The Bertz CT molecular complexity index is 427. The predicted octanol–water partition coefficient (Wildman–Crippen LogP) is 2.66. The van der Waals surface area contributed by atoms with Gasteiger partial charge in [0.05, 0.1) is 5.69 Å². The molecule has 0 amide bonds. The van der Waals surface area contributed by atoms with Crippen LogP contribution in [0.5, 0.6) is 0 Å². The van der Waals surface area contributed by atoms with E-state index in [2.05, 4.69) is 5.10 Å². The zero-order chi connectivity index (χ0) is 12.6. The van der Waals surface area contributed by atoms with Gasteiger partial charge in [0.25, 0.3) is 0 Å². The Balaban J connectivity index is 2.35. The third kappa shape index (κ3) is 2.07. The molecular formula is C11H12F3N3. The summed E-state index contributed by atoms with van der Waals surface area (Å²) in [6.07, 6.45) is -4.87. The number of hydrazone groups is 1. The van der Waals surface area contributed by atoms with E-state index in [1.165, 1.54) is 12.1 Å². The third-order valence-corrected chi connectivity index (χ3v) is 2.73. The predicted molar refractivity (Wildman–Crippen MR) is 59.6 cm³/mol. The molecule has 0 aliphatic carbocycles. The highest BCUT2D eigenvalue weighted by Gasteiger charge is 2.45. The zero-order valence-corrected chi connectivity index (χ0v) is 9.44. The first-order valence-electron chi connectivity index (χ1n) is 5.14. The first-order chi connectivity index (χ1) is 7.91. The molecule has 0 bridgehead atoms. The number of benzene rings is 1. The minimum Gasteiger partial charge on any atom is -0.332 e. The highest BCUT2D eigenvalue weighted by Crippen LogP contribution is 2.30. The van der Waals surface area contributed by atoms with E-state index < -0.39 is 18.2 Å². The Morgan fingerprint density at radius 2 is 1.76 bits per heavy atom. The summed E-state index contributed by atoms with van der Waals surface area (Å²) < 4.78 is 38.0. The van der Waals surface area contributed by atoms with Crippen molar-refractivity contribution >= 4 is 11.5 Å². The first kappa shape index (κ1) is 11.8. The van der Waals surface area contributed by atoms with E-state index >= 15 is 0 Å². The average molecular weight is 243 g/mol. The maximum atomic E-state index is 12.7. The quantitative estimate of drug-likeness (QED) is 0.755. The molecule has 1 aromatic carbocycles. The average Bonchev–Trinajstić information content (AvgIpc) is 2.57. The molecule has 1 aromatic rings. The number of hydrogen-bond acceptors (Lipinski definition) is 3. The Kier molecular flexibility index (Phi) is 2.73. The summed E-state index contributed by atoms with van der Waals surface area (Å²) in [5.41, 5.74) is 0.645. The van der Waals surface area contributed by atoms with Crippen molar-refractivity contribution in [2.75, 3.05) is 12.1 Å². The van der Waals surface area contributed by atoms with E-state index in [0.717, 1.165) is 4.90 Å². The minimum atomic E-state index is -4.42. The molecular weight excluding hydrogens is 231 g/mol. The molecule has 17 heavy (non-hydrogen) atoms. The van der Waals surface area contributed by atoms with Gasteiger partial charge in [-0.3, -0.25) is 0 Å². The zero-order valence-electron chi connectivity index (χ0n) is 9.44. The molecule has 92 valence electrons. The summed E-state index contributed by atoms with van der Waals surface area (Å²) in [5, 5.41) is 5.01. The molecule has 0 N–H and O–H groups in total. The van der Waals surface area contributed by atoms with Gasteiger partial charge in [-0.05, 0) is 19.1 Å². The van der Waals surface area contributed by atoms with Gasteiger partial charge in [-0.1, -0.05) is 18.2 Å². The van der Waals surface area contributed by atoms with Gasteiger partial charge in [0.1, 0.15) is 6.17 Å². The van der Waals surface area contributed by atoms with E-state index in [1.807, 2.05) is 6.07 Å². The largest absolute Gasteiger partial charge is 0.451 e. The maximum Gasteiger partial charge on any atom is 0.451 e. The fourth-order valence-electron chi connectivity index (χ4n) is 1.71. The van der Waals surface area contributed by atoms with Crippen LogP contribution in [-0.4, -0.2) is 30.1 Å². The number of hydrogen-bond donors (Lipinski definition) is 0. The van der Waals surface area contributed by atoms with Crippen molar-refractivity contribution in [1.29, 1.82) is 0 Å². The summed E-state index contributed by atoms with van der Waals surface area (Å²) in [6, 6.07) is 8.80. The van der Waals surface area contributed by atoms with Gasteiger partial charge in [-0.2, -0.15) is 13.2 Å². The molecule has 3 nitrogen and oxygen atoms in total. The Labute approximate surface area is 97.1 Å². The summed E-state index contributed by atoms with van der Waals surface area (Å²) in [7, 11) is 1.39. The van der Waals surface area contributed by atoms with Crippen LogP contribution in [0.3, 0.4) is 0 Å². The first-order valence-corrected chi connectivity index (χ1v) is 5.14. The molecule has 0 fully saturated rings. The van der Waals surface area contributed by atoms with Gasteiger partial charge in [0.15, 0.2) is 0 Å². The molecule has 1 unspecified atom stereocenters. The summed E-state index contributed by atoms with van der Waals surface area (Å²) in [6.45, 7) is 1.68. The Morgan fingerprint density at radius 3 is 2.24 bits per heavy atom. The van der Waals surface area contributed by atoms with Gasteiger partial charge in [-0.25, -0.2) is 5.01 Å². The second-order valence-electron chi connectivity index (χ2n) is 3.84. The number of halogens is 3. The van der Waals surface area contributed by atoms with Crippen LogP contribution in [0, 0.1) is 0 Å². The fraction of sp³-hybridized carbons (Fsp3) is 0.364. The lowest BCUT2D eigenvalue weighted by molar-refractivity contribution is -0.0672. The number of rotatable bonds is 1. The van der Waals surface area contributed by atoms with Gasteiger partial charge < -0.3 is 4.90 Å². The maximum absolute atomic E-state index is 12.7. The fourth-order valence-corrected chi connectivity index (χ4v) is 1.71. The van der Waals surface area contributed by atoms with Crippen molar-refractivity contribution in [3.8, 4) is 0 Å². The van der Waals surface area contributed by atoms with Crippen LogP contribution in [0.15, 0.2) is 35.4 Å². The number of alkyl halides is 3. The van der Waals surface area contributed by atoms with E-state index in [0.29, 0.717) is 5.69 Å². The highest BCUT2D eigenvalue weighted by atomic mass is 19.4. The lowest BCUT2D eigenvalue weighted by atomic mass is 10.3. The number of nitrogens with zero attached hydrogens (tertiary/aromatic N) is 3. The van der Waals surface area contributed by atoms with Crippen molar-refractivity contribution in [1.82, 2.24) is 4.90 Å². The van der Waals surface area contributed by atoms with E-state index in [1.54, 1.807) is 31.2 Å². The Hall–Kier alpha value is -1.72. The summed E-state index contributed by atoms with van der Waals surface area (Å²) >= 11 is 0. The number of para-hydroxylation sites is 1. The second kappa shape index (κ2) is 3.94. The van der Waals surface area contributed by atoms with Crippen molar-refractivity contribution in [3.63, 3.8) is 0 Å². The lowest BCUT2D eigenvalue weighted by Crippen LogP contribution is -2.41. The van der Waals surface area contributed by atoms with Crippen LogP contribution in [0.1, 0.15) is 6.92 Å². The van der Waals surface area contributed by atoms with Crippen LogP contribution in [0.2, 0.25) is 0 Å². The summed E-state index contributed by atoms with van der Waals surface area (Å²) in [4.78, 5) is 1.12. The molecule has 0 radical (unpaired) electrons. The topological polar surface area (TPSA) is 18.8 Å². The molecule has 0 spiro atoms. The van der Waals surface area contributed by atoms with E-state index in [9.17, 15) is 13.2 Å². The van der Waals surface area contributed by atoms with Gasteiger partial charge in [0.2, 0.25) is 5.84 Å². The molecule has 0 saturated heterocycles. The van der Waals surface area contributed by atoms with Crippen molar-refractivity contribution in [2.24, 2.45) is 5.10 Å². The highest BCUT2D eigenvalue weighted by molar-refractivity contribution is 5.90. The Morgan fingerprint density at radius 1 is 1.18 bits per heavy atom. The van der Waals surface area contributed by atoms with Crippen molar-refractivity contribution < 1.29 is 13.2 Å². The van der Waals surface area contributed by atoms with Gasteiger partial charge in [-0.15, -0.1) is 5.10 Å². The smallest absolute Gasteiger partial charge is 0.332 e. The second-order valence-corrected chi connectivity index (χ2v) is 3.84. The van der Waals surface area contributed by atoms with E-state index in [4.69, 9.17) is 0 Å². The lowest BCUT2D eigenvalue weighted by Gasteiger charge is -2.25. The van der Waals surface area contributed by atoms with Gasteiger partial charge in [0, 0.05) is 7.05 Å². The van der Waals surface area contributed by atoms with Crippen LogP contribution in [0.25, 0.3) is 0 Å². The molecule has 2 rings (SSSR count). The number of amidine groups is 1. The molecule has 0 aromatic heterocycles. The standard InChI is InChI=1S/C11H12F3N3/c1-8-16(2)10(11(12,13)14)15-17(8)9-6-4-3-5-7-9/h3-8H,1-2H3. The van der Waals surface area contributed by atoms with Crippen LogP contribution in [0.4, 0.5) is 18.9 Å². The monoisotopic (exact) mass is 243 g/mol. The normalized spacial score (nSPS) is 20.8. The molecule has 1 atom stereocenters.